The van der Waals surface area contributed by atoms with E-state index in [-0.39, 0.29) is 22.5 Å². The highest BCUT2D eigenvalue weighted by Gasteiger charge is 2.72. The number of aliphatic hydroxyl groups is 1. The van der Waals surface area contributed by atoms with Crippen molar-refractivity contribution in [2.75, 3.05) is 10.6 Å². The summed E-state index contributed by atoms with van der Waals surface area (Å²) in [6.07, 6.45) is -13.1. The molecule has 0 heterocycles. The van der Waals surface area contributed by atoms with Crippen LogP contribution >= 0.6 is 0 Å². The van der Waals surface area contributed by atoms with E-state index in [1.807, 2.05) is 20.8 Å². The molecule has 4 aromatic rings. The van der Waals surface area contributed by atoms with Gasteiger partial charge in [-0.1, -0.05) is 48.5 Å². The molecule has 0 aliphatic carbocycles. The summed E-state index contributed by atoms with van der Waals surface area (Å²) < 4.78 is 90.3. The Kier molecular flexibility index (Phi) is 9.13. The van der Waals surface area contributed by atoms with Crippen molar-refractivity contribution in [2.45, 2.75) is 65.5 Å². The van der Waals surface area contributed by atoms with Gasteiger partial charge in [0, 0.05) is 22.5 Å². The van der Waals surface area contributed by atoms with Gasteiger partial charge < -0.3 is 15.7 Å². The van der Waals surface area contributed by atoms with Gasteiger partial charge >= 0.3 is 12.4 Å². The van der Waals surface area contributed by atoms with Gasteiger partial charge in [-0.15, -0.1) is 0 Å². The van der Waals surface area contributed by atoms with Crippen LogP contribution in [0.5, 0.6) is 0 Å². The number of aliphatic hydroxyl groups excluding tert-OH is 1. The van der Waals surface area contributed by atoms with E-state index in [0.717, 1.165) is 58.7 Å². The molecule has 238 valence electrons. The number of hydrogen-bond donors (Lipinski definition) is 3. The van der Waals surface area contributed by atoms with Crippen LogP contribution in [-0.2, 0) is 5.41 Å². The Hall–Kier alpha value is -4.31. The molecule has 0 unspecified atom stereocenters. The maximum Gasteiger partial charge on any atom is 0.411 e. The molecule has 4 aromatic carbocycles. The second kappa shape index (κ2) is 12.2. The molecule has 1 atom stereocenters. The molecule has 0 aliphatic rings. The van der Waals surface area contributed by atoms with Crippen molar-refractivity contribution in [1.82, 2.24) is 0 Å². The van der Waals surface area contributed by atoms with Gasteiger partial charge in [-0.3, -0.25) is 4.79 Å². The number of carbonyl (C=O) groups excluding carboxylic acids is 1. The lowest BCUT2D eigenvalue weighted by molar-refractivity contribution is -0.288. The fourth-order valence-electron chi connectivity index (χ4n) is 5.23. The number of aryl methyl sites for hydroxylation is 6. The third-order valence-corrected chi connectivity index (χ3v) is 8.35. The minimum absolute atomic E-state index is 0.105. The minimum Gasteiger partial charge on any atom is -0.369 e. The molecule has 45 heavy (non-hydrogen) atoms. The summed E-state index contributed by atoms with van der Waals surface area (Å²) in [7, 11) is 0. The van der Waals surface area contributed by atoms with Crippen LogP contribution in [0.4, 0.5) is 37.7 Å². The summed E-state index contributed by atoms with van der Waals surface area (Å²) >= 11 is 0. The number of alkyl halides is 6. The Morgan fingerprint density at radius 2 is 1.07 bits per heavy atom. The lowest BCUT2D eigenvalue weighted by atomic mass is 9.72. The zero-order valence-corrected chi connectivity index (χ0v) is 25.6. The van der Waals surface area contributed by atoms with E-state index in [2.05, 4.69) is 10.6 Å². The van der Waals surface area contributed by atoms with Crippen LogP contribution in [0.2, 0.25) is 0 Å². The number of carbonyl (C=O) groups is 1. The van der Waals surface area contributed by atoms with Gasteiger partial charge in [-0.25, -0.2) is 0 Å². The Morgan fingerprint density at radius 1 is 0.600 bits per heavy atom. The fraction of sp³-hybridized carbons (Fsp3) is 0.286. The maximum absolute atomic E-state index is 15.0. The molecular weight excluding hydrogens is 594 g/mol. The van der Waals surface area contributed by atoms with E-state index in [1.54, 1.807) is 37.3 Å². The third-order valence-electron chi connectivity index (χ3n) is 8.35. The van der Waals surface area contributed by atoms with Crippen LogP contribution in [0.25, 0.3) is 0 Å². The molecule has 0 aliphatic heterocycles. The molecule has 3 N–H and O–H groups in total. The Labute approximate surface area is 258 Å². The van der Waals surface area contributed by atoms with Gasteiger partial charge in [-0.2, -0.15) is 26.3 Å². The van der Waals surface area contributed by atoms with E-state index in [9.17, 15) is 9.90 Å². The van der Waals surface area contributed by atoms with E-state index in [0.29, 0.717) is 11.1 Å². The smallest absolute Gasteiger partial charge is 0.369 e. The highest BCUT2D eigenvalue weighted by molar-refractivity contribution is 6.04. The number of halogens is 6. The third kappa shape index (κ3) is 6.42. The number of anilines is 2. The monoisotopic (exact) mass is 628 g/mol. The molecular formula is C35H34F6N2O2. The first kappa shape index (κ1) is 33.6. The summed E-state index contributed by atoms with van der Waals surface area (Å²) in [5.41, 5.74) is -2.27. The number of amides is 1. The van der Waals surface area contributed by atoms with Gasteiger partial charge in [-0.05, 0) is 110 Å². The van der Waals surface area contributed by atoms with Gasteiger partial charge in [0.2, 0.25) is 5.41 Å². The first-order valence-electron chi connectivity index (χ1n) is 14.1. The molecule has 0 radical (unpaired) electrons. The van der Waals surface area contributed by atoms with Crippen molar-refractivity contribution in [1.29, 1.82) is 0 Å². The van der Waals surface area contributed by atoms with Crippen molar-refractivity contribution < 1.29 is 36.2 Å². The minimum atomic E-state index is -5.85. The summed E-state index contributed by atoms with van der Waals surface area (Å²) in [6, 6.07) is 15.2. The molecule has 0 bridgehead atoms. The van der Waals surface area contributed by atoms with Crippen molar-refractivity contribution in [3.05, 3.63) is 128 Å². The van der Waals surface area contributed by atoms with Crippen LogP contribution in [0.15, 0.2) is 72.8 Å². The van der Waals surface area contributed by atoms with E-state index in [4.69, 9.17) is 0 Å². The number of benzene rings is 4. The van der Waals surface area contributed by atoms with Gasteiger partial charge in [0.15, 0.2) is 6.23 Å². The average molecular weight is 629 g/mol. The SMILES string of the molecule is Cc1ccc(C(=O)Nc2cc(C(c3ccc(C)c(N[C@H](O)c4ccc(C)c(C)c4)c3)(C(F)(F)F)C(F)(F)F)ccc2C)cc1C. The second-order valence-electron chi connectivity index (χ2n) is 11.4. The highest BCUT2D eigenvalue weighted by Crippen LogP contribution is 2.57. The fourth-order valence-corrected chi connectivity index (χ4v) is 5.23. The molecule has 4 rings (SSSR count). The molecule has 0 saturated carbocycles. The van der Waals surface area contributed by atoms with Crippen LogP contribution in [0.3, 0.4) is 0 Å². The zero-order chi connectivity index (χ0) is 33.5. The second-order valence-corrected chi connectivity index (χ2v) is 11.4. The lowest BCUT2D eigenvalue weighted by Crippen LogP contribution is -2.54. The van der Waals surface area contributed by atoms with Crippen molar-refractivity contribution in [3.8, 4) is 0 Å². The van der Waals surface area contributed by atoms with Crippen molar-refractivity contribution in [2.24, 2.45) is 0 Å². The predicted molar refractivity (Wildman–Crippen MR) is 164 cm³/mol. The Bertz CT molecular complexity index is 1730. The van der Waals surface area contributed by atoms with Crippen LogP contribution in [0.1, 0.15) is 66.7 Å². The van der Waals surface area contributed by atoms with E-state index in [1.165, 1.54) is 19.9 Å². The van der Waals surface area contributed by atoms with Gasteiger partial charge in [0.1, 0.15) is 0 Å². The van der Waals surface area contributed by atoms with Crippen molar-refractivity contribution >= 4 is 17.3 Å². The first-order chi connectivity index (χ1) is 20.9. The number of nitrogens with one attached hydrogen (secondary N) is 2. The molecule has 0 fully saturated rings. The molecule has 0 aromatic heterocycles. The molecule has 4 nitrogen and oxygen atoms in total. The van der Waals surface area contributed by atoms with Gasteiger partial charge in [0.25, 0.3) is 5.91 Å². The summed E-state index contributed by atoms with van der Waals surface area (Å²) in [6.45, 7) is 10.3. The van der Waals surface area contributed by atoms with E-state index < -0.39 is 41.0 Å². The highest BCUT2D eigenvalue weighted by atomic mass is 19.4. The Morgan fingerprint density at radius 3 is 1.58 bits per heavy atom. The maximum atomic E-state index is 15.0. The van der Waals surface area contributed by atoms with Crippen molar-refractivity contribution in [3.63, 3.8) is 0 Å². The van der Waals surface area contributed by atoms with Crippen LogP contribution in [-0.4, -0.2) is 23.4 Å². The van der Waals surface area contributed by atoms with Gasteiger partial charge in [0.05, 0.1) is 0 Å². The predicted octanol–water partition coefficient (Wildman–Crippen LogP) is 9.30. The van der Waals surface area contributed by atoms with E-state index >= 15 is 26.3 Å². The topological polar surface area (TPSA) is 61.4 Å². The van der Waals surface area contributed by atoms with Crippen LogP contribution < -0.4 is 10.6 Å². The lowest BCUT2D eigenvalue weighted by Gasteiger charge is -2.39. The summed E-state index contributed by atoms with van der Waals surface area (Å²) in [4.78, 5) is 13.0. The first-order valence-corrected chi connectivity index (χ1v) is 14.1. The quantitative estimate of drug-likeness (QED) is 0.141. The number of hydrogen-bond acceptors (Lipinski definition) is 3. The number of rotatable bonds is 7. The Balaban J connectivity index is 1.84. The standard InChI is InChI=1S/C35H34F6N2O2/c1-19-7-11-25(15-23(19)5)31(44)42-29-17-27(13-9-21(29)3)33(34(36,37)38,35(39,40)41)28-14-10-22(4)30(18-28)43-32(45)26-12-8-20(2)24(6)16-26/h7-18,31,42,44H,1-6H3,(H,43,45)/t31-/m1/s1. The largest absolute Gasteiger partial charge is 0.411 e. The van der Waals surface area contributed by atoms with Crippen LogP contribution in [0, 0.1) is 41.5 Å². The average Bonchev–Trinajstić information content (AvgIpc) is 2.93. The molecule has 0 spiro atoms. The zero-order valence-electron chi connectivity index (χ0n) is 25.6. The normalized spacial score (nSPS) is 13.0. The molecule has 1 amide bonds. The molecule has 0 saturated heterocycles. The summed E-state index contributed by atoms with van der Waals surface area (Å²) in [5.74, 6) is -0.676. The molecule has 10 heteroatoms. The summed E-state index contributed by atoms with van der Waals surface area (Å²) in [5, 5.41) is 16.0.